The van der Waals surface area contributed by atoms with E-state index in [1.165, 1.54) is 41.8 Å². The van der Waals surface area contributed by atoms with E-state index in [1.54, 1.807) is 37.3 Å². The van der Waals surface area contributed by atoms with Crippen LogP contribution in [0.1, 0.15) is 31.2 Å². The van der Waals surface area contributed by atoms with Crippen molar-refractivity contribution in [3.8, 4) is 17.2 Å². The molecule has 11 heteroatoms. The van der Waals surface area contributed by atoms with Gasteiger partial charge in [-0.2, -0.15) is 13.2 Å². The summed E-state index contributed by atoms with van der Waals surface area (Å²) in [4.78, 5) is 16.9. The van der Waals surface area contributed by atoms with Crippen molar-refractivity contribution in [3.63, 3.8) is 0 Å². The Morgan fingerprint density at radius 1 is 1.03 bits per heavy atom. The summed E-state index contributed by atoms with van der Waals surface area (Å²) in [5, 5.41) is 0. The van der Waals surface area contributed by atoms with E-state index < -0.39 is 33.5 Å². The molecule has 0 aliphatic carbocycles. The Balaban J connectivity index is 1.86. The number of hydrogen-bond acceptors (Lipinski definition) is 6. The van der Waals surface area contributed by atoms with Gasteiger partial charge >= 0.3 is 12.1 Å². The first-order valence-corrected chi connectivity index (χ1v) is 13.1. The van der Waals surface area contributed by atoms with Gasteiger partial charge in [-0.05, 0) is 56.3 Å². The number of halogens is 3. The molecule has 4 rings (SSSR count). The first-order chi connectivity index (χ1) is 17.4. The fraction of sp³-hybridized carbons (Fsp3) is 0.231. The lowest BCUT2D eigenvalue weighted by Gasteiger charge is -2.15. The van der Waals surface area contributed by atoms with Gasteiger partial charge in [-0.25, -0.2) is 13.4 Å². The van der Waals surface area contributed by atoms with Gasteiger partial charge in [0.15, 0.2) is 9.84 Å². The molecule has 0 amide bonds. The SMILES string of the molecule is CCOC(=O)C(C)c1nc2c(C(F)(F)F)cccc2n1-c1cccc(Oc2cccc(S(C)(=O)=O)c2)c1. The number of ether oxygens (including phenoxy) is 2. The maximum absolute atomic E-state index is 13.8. The summed E-state index contributed by atoms with van der Waals surface area (Å²) in [6, 6.07) is 16.1. The van der Waals surface area contributed by atoms with Crippen LogP contribution in [0.3, 0.4) is 0 Å². The van der Waals surface area contributed by atoms with Crippen LogP contribution < -0.4 is 4.74 Å². The zero-order valence-electron chi connectivity index (χ0n) is 20.1. The van der Waals surface area contributed by atoms with Gasteiger partial charge in [-0.3, -0.25) is 9.36 Å². The van der Waals surface area contributed by atoms with E-state index in [1.807, 2.05) is 0 Å². The zero-order valence-corrected chi connectivity index (χ0v) is 20.9. The number of fused-ring (bicyclic) bond motifs is 1. The van der Waals surface area contributed by atoms with Crippen LogP contribution in [0.2, 0.25) is 0 Å². The predicted molar refractivity (Wildman–Crippen MR) is 131 cm³/mol. The topological polar surface area (TPSA) is 87.5 Å². The summed E-state index contributed by atoms with van der Waals surface area (Å²) in [5.41, 5.74) is -0.679. The smallest absolute Gasteiger partial charge is 0.418 e. The first-order valence-electron chi connectivity index (χ1n) is 11.2. The predicted octanol–water partition coefficient (Wildman–Crippen LogP) is 5.91. The van der Waals surface area contributed by atoms with Gasteiger partial charge in [0.25, 0.3) is 0 Å². The number of rotatable bonds is 7. The van der Waals surface area contributed by atoms with Crippen molar-refractivity contribution in [2.75, 3.05) is 12.9 Å². The highest BCUT2D eigenvalue weighted by atomic mass is 32.2. The third kappa shape index (κ3) is 5.46. The second kappa shape index (κ2) is 9.89. The van der Waals surface area contributed by atoms with Crippen LogP contribution in [0.5, 0.6) is 11.5 Å². The summed E-state index contributed by atoms with van der Waals surface area (Å²) in [5.74, 6) is -0.967. The zero-order chi connectivity index (χ0) is 27.0. The number of nitrogens with zero attached hydrogens (tertiary/aromatic N) is 2. The van der Waals surface area contributed by atoms with E-state index in [0.717, 1.165) is 12.3 Å². The maximum Gasteiger partial charge on any atom is 0.418 e. The fourth-order valence-corrected chi connectivity index (χ4v) is 4.53. The molecular weight excluding hydrogens is 509 g/mol. The molecular formula is C26H23F3N2O5S. The van der Waals surface area contributed by atoms with Gasteiger partial charge in [-0.15, -0.1) is 0 Å². The first kappa shape index (κ1) is 26.2. The number of hydrogen-bond donors (Lipinski definition) is 0. The second-order valence-electron chi connectivity index (χ2n) is 8.30. The molecule has 0 aliphatic heterocycles. The number of carbonyl (C=O) groups is 1. The Labute approximate surface area is 211 Å². The van der Waals surface area contributed by atoms with Gasteiger partial charge in [0.2, 0.25) is 0 Å². The number of imidazole rings is 1. The summed E-state index contributed by atoms with van der Waals surface area (Å²) >= 11 is 0. The summed E-state index contributed by atoms with van der Waals surface area (Å²) in [6.07, 6.45) is -3.57. The van der Waals surface area contributed by atoms with E-state index >= 15 is 0 Å². The Morgan fingerprint density at radius 2 is 1.68 bits per heavy atom. The quantitative estimate of drug-likeness (QED) is 0.275. The molecule has 1 atom stereocenters. The monoisotopic (exact) mass is 532 g/mol. The molecule has 1 aromatic heterocycles. The van der Waals surface area contributed by atoms with Crippen molar-refractivity contribution in [2.24, 2.45) is 0 Å². The number of aromatic nitrogens is 2. The third-order valence-electron chi connectivity index (χ3n) is 5.59. The van der Waals surface area contributed by atoms with Crippen molar-refractivity contribution in [3.05, 3.63) is 78.1 Å². The molecule has 1 unspecified atom stereocenters. The van der Waals surface area contributed by atoms with E-state index in [4.69, 9.17) is 9.47 Å². The van der Waals surface area contributed by atoms with E-state index in [2.05, 4.69) is 4.98 Å². The van der Waals surface area contributed by atoms with Crippen LogP contribution in [-0.2, 0) is 25.5 Å². The average molecular weight is 533 g/mol. The molecule has 0 radical (unpaired) electrons. The number of sulfone groups is 1. The molecule has 0 saturated carbocycles. The highest BCUT2D eigenvalue weighted by molar-refractivity contribution is 7.90. The fourth-order valence-electron chi connectivity index (χ4n) is 3.87. The molecule has 0 fully saturated rings. The largest absolute Gasteiger partial charge is 0.465 e. The molecule has 7 nitrogen and oxygen atoms in total. The molecule has 4 aromatic rings. The summed E-state index contributed by atoms with van der Waals surface area (Å²) < 4.78 is 77.5. The number of carbonyl (C=O) groups excluding carboxylic acids is 1. The Bertz CT molecular complexity index is 1580. The van der Waals surface area contributed by atoms with Crippen molar-refractivity contribution in [2.45, 2.75) is 30.8 Å². The Morgan fingerprint density at radius 3 is 2.32 bits per heavy atom. The minimum Gasteiger partial charge on any atom is -0.465 e. The highest BCUT2D eigenvalue weighted by Crippen LogP contribution is 2.37. The number of esters is 1. The normalized spacial score (nSPS) is 12.9. The summed E-state index contributed by atoms with van der Waals surface area (Å²) in [7, 11) is -3.46. The van der Waals surface area contributed by atoms with Crippen LogP contribution in [0.4, 0.5) is 13.2 Å². The molecule has 1 heterocycles. The van der Waals surface area contributed by atoms with Crippen molar-refractivity contribution < 1.29 is 35.9 Å². The molecule has 194 valence electrons. The van der Waals surface area contributed by atoms with Crippen molar-refractivity contribution in [1.82, 2.24) is 9.55 Å². The minimum absolute atomic E-state index is 0.0707. The van der Waals surface area contributed by atoms with Gasteiger partial charge < -0.3 is 9.47 Å². The van der Waals surface area contributed by atoms with E-state index in [0.29, 0.717) is 11.4 Å². The minimum atomic E-state index is -4.65. The van der Waals surface area contributed by atoms with Gasteiger partial charge in [-0.1, -0.05) is 18.2 Å². The lowest BCUT2D eigenvalue weighted by molar-refractivity contribution is -0.144. The maximum atomic E-state index is 13.8. The van der Waals surface area contributed by atoms with Gasteiger partial charge in [0.1, 0.15) is 28.8 Å². The van der Waals surface area contributed by atoms with Crippen LogP contribution in [0, 0.1) is 0 Å². The lowest BCUT2D eigenvalue weighted by Crippen LogP contribution is -2.17. The molecule has 0 spiro atoms. The Hall–Kier alpha value is -3.86. The summed E-state index contributed by atoms with van der Waals surface area (Å²) in [6.45, 7) is 3.25. The number of alkyl halides is 3. The molecule has 0 bridgehead atoms. The molecule has 3 aromatic carbocycles. The average Bonchev–Trinajstić information content (AvgIpc) is 3.22. The third-order valence-corrected chi connectivity index (χ3v) is 6.70. The number of para-hydroxylation sites is 1. The highest BCUT2D eigenvalue weighted by Gasteiger charge is 2.35. The number of benzene rings is 3. The lowest BCUT2D eigenvalue weighted by atomic mass is 10.1. The standard InChI is InChI=1S/C26H23F3N2O5S/c1-4-35-25(32)16(2)24-30-23-21(26(27,28)29)12-7-13-22(23)31(24)17-8-5-9-18(14-17)36-19-10-6-11-20(15-19)37(3,33)34/h5-16H,4H2,1-3H3. The van der Waals surface area contributed by atoms with Crippen LogP contribution in [0.25, 0.3) is 16.7 Å². The molecule has 0 N–H and O–H groups in total. The second-order valence-corrected chi connectivity index (χ2v) is 10.3. The van der Waals surface area contributed by atoms with Crippen molar-refractivity contribution >= 4 is 26.8 Å². The van der Waals surface area contributed by atoms with Gasteiger partial charge in [0, 0.05) is 12.3 Å². The van der Waals surface area contributed by atoms with Crippen LogP contribution >= 0.6 is 0 Å². The Kier molecular flexibility index (Phi) is 7.00. The molecule has 0 saturated heterocycles. The van der Waals surface area contributed by atoms with Gasteiger partial charge in [0.05, 0.1) is 28.3 Å². The molecule has 37 heavy (non-hydrogen) atoms. The van der Waals surface area contributed by atoms with Crippen LogP contribution in [0.15, 0.2) is 71.6 Å². The van der Waals surface area contributed by atoms with E-state index in [9.17, 15) is 26.4 Å². The molecule has 0 aliphatic rings. The van der Waals surface area contributed by atoms with Crippen LogP contribution in [-0.4, -0.2) is 36.8 Å². The van der Waals surface area contributed by atoms with Crippen molar-refractivity contribution in [1.29, 1.82) is 0 Å². The van der Waals surface area contributed by atoms with E-state index in [-0.39, 0.29) is 34.1 Å².